The lowest BCUT2D eigenvalue weighted by Gasteiger charge is -2.28. The summed E-state index contributed by atoms with van der Waals surface area (Å²) in [5, 5.41) is 0. The molecule has 3 atom stereocenters. The summed E-state index contributed by atoms with van der Waals surface area (Å²) in [4.78, 5) is 25.4. The molecule has 1 unspecified atom stereocenters. The third kappa shape index (κ3) is 37.6. The molecule has 306 valence electrons. The van der Waals surface area contributed by atoms with E-state index >= 15 is 0 Å². The molecule has 0 fully saturated rings. The molecule has 0 aromatic rings. The Balaban J connectivity index is 4.34. The van der Waals surface area contributed by atoms with Crippen molar-refractivity contribution in [2.24, 2.45) is 5.92 Å². The Kier molecular flexibility index (Phi) is 34.9. The number of unbranched alkanes of at least 4 members (excludes halogenated alkanes) is 25. The molecular weight excluding hydrogens is 661 g/mol. The molecule has 0 aliphatic rings. The van der Waals surface area contributed by atoms with Crippen LogP contribution in [0.25, 0.3) is 0 Å². The first kappa shape index (κ1) is 50.5. The fourth-order valence-corrected chi connectivity index (χ4v) is 6.96. The molecule has 0 aliphatic carbocycles. The Hall–Kier alpha value is -0.500. The number of quaternary nitrogens is 1. The van der Waals surface area contributed by atoms with Crippen molar-refractivity contribution in [3.63, 3.8) is 0 Å². The molecule has 0 amide bonds. The molecule has 0 aliphatic heterocycles. The van der Waals surface area contributed by atoms with Crippen LogP contribution in [0.15, 0.2) is 0 Å². The van der Waals surface area contributed by atoms with Gasteiger partial charge in [-0.15, -0.1) is 0 Å². The van der Waals surface area contributed by atoms with Gasteiger partial charge in [-0.1, -0.05) is 188 Å². The van der Waals surface area contributed by atoms with Gasteiger partial charge in [0.05, 0.1) is 40.3 Å². The highest BCUT2D eigenvalue weighted by Gasteiger charge is 2.23. The lowest BCUT2D eigenvalue weighted by atomic mass is 10.0. The van der Waals surface area contributed by atoms with Gasteiger partial charge in [0.25, 0.3) is 7.82 Å². The Morgan fingerprint density at radius 2 is 0.961 bits per heavy atom. The minimum atomic E-state index is -4.53. The first-order valence-electron chi connectivity index (χ1n) is 21.7. The van der Waals surface area contributed by atoms with Crippen LogP contribution in [0.4, 0.5) is 0 Å². The number of phosphoric ester groups is 1. The molecule has 0 aromatic heterocycles. The Morgan fingerprint density at radius 1 is 0.569 bits per heavy atom. The summed E-state index contributed by atoms with van der Waals surface area (Å²) < 4.78 is 34.8. The van der Waals surface area contributed by atoms with E-state index in [4.69, 9.17) is 18.5 Å². The van der Waals surface area contributed by atoms with Crippen molar-refractivity contribution < 1.29 is 37.3 Å². The minimum Gasteiger partial charge on any atom is -0.756 e. The maximum absolute atomic E-state index is 13.0. The number of hydrogen-bond acceptors (Lipinski definition) is 7. The van der Waals surface area contributed by atoms with E-state index in [1.807, 2.05) is 28.1 Å². The number of carbonyl (C=O) groups excluding carboxylic acids is 1. The third-order valence-corrected chi connectivity index (χ3v) is 10.8. The normalized spacial score (nSPS) is 14.4. The maximum Gasteiger partial charge on any atom is 0.309 e. The van der Waals surface area contributed by atoms with Crippen LogP contribution in [-0.4, -0.2) is 70.7 Å². The van der Waals surface area contributed by atoms with Gasteiger partial charge in [-0.3, -0.25) is 9.36 Å². The minimum absolute atomic E-state index is 0.0283. The van der Waals surface area contributed by atoms with Crippen molar-refractivity contribution in [1.29, 1.82) is 0 Å². The number of rotatable bonds is 40. The van der Waals surface area contributed by atoms with Gasteiger partial charge in [0.2, 0.25) is 0 Å². The van der Waals surface area contributed by atoms with Crippen LogP contribution < -0.4 is 4.89 Å². The van der Waals surface area contributed by atoms with Gasteiger partial charge in [0.15, 0.2) is 0 Å². The molecule has 8 nitrogen and oxygen atoms in total. The number of likely N-dealkylation sites (N-methyl/N-ethyl adjacent to an activating group) is 1. The summed E-state index contributed by atoms with van der Waals surface area (Å²) >= 11 is 0. The van der Waals surface area contributed by atoms with Gasteiger partial charge in [0, 0.05) is 6.61 Å². The number of ether oxygens (including phenoxy) is 2. The summed E-state index contributed by atoms with van der Waals surface area (Å²) in [5.41, 5.74) is 0. The second-order valence-corrected chi connectivity index (χ2v) is 17.7. The van der Waals surface area contributed by atoms with Gasteiger partial charge in [-0.2, -0.15) is 0 Å². The van der Waals surface area contributed by atoms with Crippen LogP contribution in [0.3, 0.4) is 0 Å². The van der Waals surface area contributed by atoms with Crippen LogP contribution in [0.5, 0.6) is 0 Å². The molecule has 0 bridgehead atoms. The van der Waals surface area contributed by atoms with Gasteiger partial charge >= 0.3 is 5.97 Å². The first-order chi connectivity index (χ1) is 24.5. The lowest BCUT2D eigenvalue weighted by Crippen LogP contribution is -2.37. The van der Waals surface area contributed by atoms with E-state index in [-0.39, 0.29) is 31.7 Å². The Bertz CT molecular complexity index is 807. The SMILES string of the molecule is CCCCCCCCCCCCCCCCOC[C@@H](COP(=O)([O-])OCC[N+](C)(C)C)OC(=O)[C@@H](C)CCCCCCCCCCCCCCC. The number of nitrogens with zero attached hydrogens (tertiary/aromatic N) is 1. The predicted octanol–water partition coefficient (Wildman–Crippen LogP) is 11.7. The van der Waals surface area contributed by atoms with Crippen LogP contribution in [0.2, 0.25) is 0 Å². The third-order valence-electron chi connectivity index (χ3n) is 9.80. The summed E-state index contributed by atoms with van der Waals surface area (Å²) in [6.07, 6.45) is 34.8. The summed E-state index contributed by atoms with van der Waals surface area (Å²) in [6.45, 7) is 7.33. The molecule has 0 N–H and O–H groups in total. The van der Waals surface area contributed by atoms with E-state index < -0.39 is 13.9 Å². The number of phosphoric acid groups is 1. The lowest BCUT2D eigenvalue weighted by molar-refractivity contribution is -0.870. The smallest absolute Gasteiger partial charge is 0.309 e. The average molecular weight is 748 g/mol. The van der Waals surface area contributed by atoms with Crippen LogP contribution in [0.1, 0.15) is 201 Å². The van der Waals surface area contributed by atoms with E-state index in [9.17, 15) is 14.3 Å². The molecule has 0 saturated carbocycles. The van der Waals surface area contributed by atoms with Crippen molar-refractivity contribution in [3.05, 3.63) is 0 Å². The van der Waals surface area contributed by atoms with Crippen molar-refractivity contribution in [2.45, 2.75) is 207 Å². The number of carbonyl (C=O) groups is 1. The Labute approximate surface area is 317 Å². The molecule has 0 heterocycles. The van der Waals surface area contributed by atoms with Crippen LogP contribution in [-0.2, 0) is 27.9 Å². The molecule has 0 saturated heterocycles. The van der Waals surface area contributed by atoms with E-state index in [0.29, 0.717) is 17.6 Å². The molecule has 0 radical (unpaired) electrons. The molecule has 0 aromatic carbocycles. The van der Waals surface area contributed by atoms with E-state index in [0.717, 1.165) is 32.1 Å². The quantitative estimate of drug-likeness (QED) is 0.0266. The largest absolute Gasteiger partial charge is 0.756 e. The highest BCUT2D eigenvalue weighted by atomic mass is 31.2. The molecule has 0 spiro atoms. The molecule has 0 rings (SSSR count). The highest BCUT2D eigenvalue weighted by Crippen LogP contribution is 2.38. The standard InChI is InChI=1S/C42H86NO7P/c1-7-9-11-13-15-17-19-21-23-25-27-29-31-33-36-47-38-41(39-49-51(45,46)48-37-35-43(4,5)6)50-42(44)40(3)34-32-30-28-26-24-22-20-18-16-14-12-10-8-2/h40-41H,7-39H2,1-6H3/t40-,41-/m0/s1. The number of esters is 1. The van der Waals surface area contributed by atoms with Crippen molar-refractivity contribution in [2.75, 3.05) is 54.1 Å². The van der Waals surface area contributed by atoms with E-state index in [1.165, 1.54) is 148 Å². The van der Waals surface area contributed by atoms with E-state index in [2.05, 4.69) is 13.8 Å². The fraction of sp³-hybridized carbons (Fsp3) is 0.976. The van der Waals surface area contributed by atoms with Gasteiger partial charge in [0.1, 0.15) is 19.3 Å². The monoisotopic (exact) mass is 748 g/mol. The summed E-state index contributed by atoms with van der Waals surface area (Å²) in [7, 11) is 1.36. The summed E-state index contributed by atoms with van der Waals surface area (Å²) in [5.74, 6) is -0.583. The fourth-order valence-electron chi connectivity index (χ4n) is 6.23. The van der Waals surface area contributed by atoms with Gasteiger partial charge in [-0.05, 0) is 12.8 Å². The second-order valence-electron chi connectivity index (χ2n) is 16.3. The van der Waals surface area contributed by atoms with Crippen LogP contribution in [0, 0.1) is 5.92 Å². The molecular formula is C42H86NO7P. The van der Waals surface area contributed by atoms with Crippen LogP contribution >= 0.6 is 7.82 Å². The molecule has 9 heteroatoms. The highest BCUT2D eigenvalue weighted by molar-refractivity contribution is 7.45. The zero-order valence-corrected chi connectivity index (χ0v) is 35.6. The first-order valence-corrected chi connectivity index (χ1v) is 23.2. The summed E-state index contributed by atoms with van der Waals surface area (Å²) in [6, 6.07) is 0. The zero-order chi connectivity index (χ0) is 37.9. The van der Waals surface area contributed by atoms with Gasteiger partial charge < -0.3 is 27.9 Å². The zero-order valence-electron chi connectivity index (χ0n) is 34.7. The van der Waals surface area contributed by atoms with Crippen molar-refractivity contribution in [1.82, 2.24) is 0 Å². The van der Waals surface area contributed by atoms with Crippen molar-refractivity contribution >= 4 is 13.8 Å². The second kappa shape index (κ2) is 35.2. The van der Waals surface area contributed by atoms with Crippen molar-refractivity contribution in [3.8, 4) is 0 Å². The van der Waals surface area contributed by atoms with Gasteiger partial charge in [-0.25, -0.2) is 0 Å². The maximum atomic E-state index is 13.0. The van der Waals surface area contributed by atoms with E-state index in [1.54, 1.807) is 0 Å². The topological polar surface area (TPSA) is 94.1 Å². The molecule has 51 heavy (non-hydrogen) atoms. The number of hydrogen-bond donors (Lipinski definition) is 0. The average Bonchev–Trinajstić information content (AvgIpc) is 3.08. The predicted molar refractivity (Wildman–Crippen MR) is 213 cm³/mol. The Morgan fingerprint density at radius 3 is 1.37 bits per heavy atom.